The first-order valence-corrected chi connectivity index (χ1v) is 9.96. The topological polar surface area (TPSA) is 113 Å². The number of sulfonamides is 1. The van der Waals surface area contributed by atoms with Crippen LogP contribution in [0.5, 0.6) is 5.75 Å². The summed E-state index contributed by atoms with van der Waals surface area (Å²) in [7, 11) is -0.286. The minimum absolute atomic E-state index is 0.0470. The zero-order chi connectivity index (χ0) is 19.7. The van der Waals surface area contributed by atoms with Crippen molar-refractivity contribution in [2.75, 3.05) is 20.2 Å². The van der Waals surface area contributed by atoms with Crippen molar-refractivity contribution in [2.45, 2.75) is 17.7 Å². The summed E-state index contributed by atoms with van der Waals surface area (Å²) in [5.41, 5.74) is 0.784. The summed E-state index contributed by atoms with van der Waals surface area (Å²) < 4.78 is 43.7. The summed E-state index contributed by atoms with van der Waals surface area (Å²) in [5, 5.41) is 3.95. The fourth-order valence-electron chi connectivity index (χ4n) is 2.76. The number of hydrogen-bond acceptors (Lipinski definition) is 8. The second-order valence-electron chi connectivity index (χ2n) is 6.41. The molecule has 1 saturated heterocycles. The van der Waals surface area contributed by atoms with Crippen molar-refractivity contribution in [3.8, 4) is 17.1 Å². The number of imidazole rings is 1. The van der Waals surface area contributed by atoms with Crippen LogP contribution in [0.3, 0.4) is 0 Å². The van der Waals surface area contributed by atoms with Gasteiger partial charge in [-0.2, -0.15) is 9.29 Å². The van der Waals surface area contributed by atoms with Gasteiger partial charge in [-0.05, 0) is 24.3 Å². The van der Waals surface area contributed by atoms with E-state index in [0.717, 1.165) is 5.56 Å². The van der Waals surface area contributed by atoms with Crippen molar-refractivity contribution < 1.29 is 22.4 Å². The maximum Gasteiger partial charge on any atom is 0.262 e. The van der Waals surface area contributed by atoms with E-state index in [0.29, 0.717) is 17.5 Å². The zero-order valence-electron chi connectivity index (χ0n) is 15.3. The van der Waals surface area contributed by atoms with E-state index in [1.807, 2.05) is 12.1 Å². The smallest absolute Gasteiger partial charge is 0.262 e. The first-order chi connectivity index (χ1) is 13.5. The fraction of sp³-hybridized carbons (Fsp3) is 0.353. The van der Waals surface area contributed by atoms with E-state index < -0.39 is 10.0 Å². The van der Waals surface area contributed by atoms with E-state index in [1.165, 1.54) is 16.8 Å². The third-order valence-electron chi connectivity index (χ3n) is 4.25. The maximum absolute atomic E-state index is 12.4. The lowest BCUT2D eigenvalue weighted by Gasteiger charge is -2.37. The van der Waals surface area contributed by atoms with Gasteiger partial charge in [-0.25, -0.2) is 13.4 Å². The van der Waals surface area contributed by atoms with Crippen LogP contribution in [-0.4, -0.2) is 58.7 Å². The largest absolute Gasteiger partial charge is 0.488 e. The number of methoxy groups -OCH3 is 1. The number of nitrogens with zero attached hydrogens (tertiary/aromatic N) is 5. The van der Waals surface area contributed by atoms with E-state index in [9.17, 15) is 8.42 Å². The minimum atomic E-state index is -3.57. The van der Waals surface area contributed by atoms with E-state index in [-0.39, 0.29) is 30.8 Å². The predicted octanol–water partition coefficient (Wildman–Crippen LogP) is 1.07. The second kappa shape index (κ2) is 7.34. The molecule has 0 saturated carbocycles. The van der Waals surface area contributed by atoms with Gasteiger partial charge in [0.15, 0.2) is 5.03 Å². The number of ether oxygens (including phenoxy) is 2. The van der Waals surface area contributed by atoms with E-state index >= 15 is 0 Å². The molecule has 1 aliphatic rings. The number of rotatable bonds is 7. The van der Waals surface area contributed by atoms with Crippen molar-refractivity contribution in [3.05, 3.63) is 42.7 Å². The standard InChI is InChI=1S/C17H19N5O5S/c1-21-9-16(18-11-21)28(23,24)22-7-14(8-22)26-13-5-3-12(4-6-13)17-19-15(10-25-2)27-20-17/h3-6,9,11,14H,7-8,10H2,1-2H3. The van der Waals surface area contributed by atoms with Gasteiger partial charge in [-0.3, -0.25) is 0 Å². The molecule has 0 N–H and O–H groups in total. The first-order valence-electron chi connectivity index (χ1n) is 8.52. The third-order valence-corrected chi connectivity index (χ3v) is 5.97. The van der Waals surface area contributed by atoms with Crippen LogP contribution in [0.2, 0.25) is 0 Å². The molecule has 0 radical (unpaired) electrons. The average molecular weight is 405 g/mol. The van der Waals surface area contributed by atoms with Gasteiger partial charge >= 0.3 is 0 Å². The molecule has 1 fully saturated rings. The Morgan fingerprint density at radius 1 is 1.25 bits per heavy atom. The monoisotopic (exact) mass is 405 g/mol. The molecule has 1 aliphatic heterocycles. The van der Waals surface area contributed by atoms with Crippen LogP contribution in [0.15, 0.2) is 46.3 Å². The Hall–Kier alpha value is -2.76. The SMILES string of the molecule is COCc1nc(-c2ccc(OC3CN(S(=O)(=O)c4cn(C)cn4)C3)cc2)no1. The molecule has 2 aromatic heterocycles. The van der Waals surface area contributed by atoms with Crippen LogP contribution < -0.4 is 4.74 Å². The molecule has 0 aliphatic carbocycles. The molecule has 10 nitrogen and oxygen atoms in total. The van der Waals surface area contributed by atoms with Crippen molar-refractivity contribution in [2.24, 2.45) is 7.05 Å². The maximum atomic E-state index is 12.4. The Labute approximate surface area is 161 Å². The molecule has 28 heavy (non-hydrogen) atoms. The van der Waals surface area contributed by atoms with Crippen LogP contribution in [0.1, 0.15) is 5.89 Å². The van der Waals surface area contributed by atoms with Crippen molar-refractivity contribution in [1.82, 2.24) is 24.0 Å². The number of aromatic nitrogens is 4. The van der Waals surface area contributed by atoms with Crippen LogP contribution in [-0.2, 0) is 28.4 Å². The molecule has 4 rings (SSSR count). The van der Waals surface area contributed by atoms with Crippen molar-refractivity contribution >= 4 is 10.0 Å². The van der Waals surface area contributed by atoms with Gasteiger partial charge in [0.2, 0.25) is 5.82 Å². The van der Waals surface area contributed by atoms with Gasteiger partial charge in [-0.1, -0.05) is 5.16 Å². The molecule has 3 aromatic rings. The van der Waals surface area contributed by atoms with E-state index in [1.54, 1.807) is 30.9 Å². The second-order valence-corrected chi connectivity index (χ2v) is 8.29. The highest BCUT2D eigenvalue weighted by atomic mass is 32.2. The third kappa shape index (κ3) is 3.63. The molecule has 0 spiro atoms. The lowest BCUT2D eigenvalue weighted by molar-refractivity contribution is 0.0760. The highest BCUT2D eigenvalue weighted by molar-refractivity contribution is 7.89. The minimum Gasteiger partial charge on any atom is -0.488 e. The fourth-order valence-corrected chi connectivity index (χ4v) is 4.22. The number of hydrogen-bond donors (Lipinski definition) is 0. The molecule has 11 heteroatoms. The first kappa shape index (κ1) is 18.6. The normalized spacial score (nSPS) is 15.5. The van der Waals surface area contributed by atoms with Gasteiger partial charge in [0.1, 0.15) is 18.5 Å². The molecular formula is C17H19N5O5S. The summed E-state index contributed by atoms with van der Waals surface area (Å²) in [4.78, 5) is 8.15. The van der Waals surface area contributed by atoms with Crippen LogP contribution in [0.25, 0.3) is 11.4 Å². The molecule has 1 aromatic carbocycles. The summed E-state index contributed by atoms with van der Waals surface area (Å²) in [6.45, 7) is 0.825. The van der Waals surface area contributed by atoms with Crippen LogP contribution in [0.4, 0.5) is 0 Å². The Morgan fingerprint density at radius 3 is 2.64 bits per heavy atom. The average Bonchev–Trinajstić information content (AvgIpc) is 3.28. The molecule has 0 atom stereocenters. The van der Waals surface area contributed by atoms with Crippen molar-refractivity contribution in [3.63, 3.8) is 0 Å². The van der Waals surface area contributed by atoms with Gasteiger partial charge < -0.3 is 18.6 Å². The summed E-state index contributed by atoms with van der Waals surface area (Å²) >= 11 is 0. The molecular weight excluding hydrogens is 386 g/mol. The predicted molar refractivity (Wildman–Crippen MR) is 96.8 cm³/mol. The van der Waals surface area contributed by atoms with Gasteiger partial charge in [-0.15, -0.1) is 0 Å². The Morgan fingerprint density at radius 2 is 2.00 bits per heavy atom. The Kier molecular flexibility index (Phi) is 4.87. The van der Waals surface area contributed by atoms with E-state index in [2.05, 4.69) is 15.1 Å². The molecule has 3 heterocycles. The summed E-state index contributed by atoms with van der Waals surface area (Å²) in [5.74, 6) is 1.51. The van der Waals surface area contributed by atoms with Gasteiger partial charge in [0, 0.05) is 25.9 Å². The quantitative estimate of drug-likeness (QED) is 0.574. The van der Waals surface area contributed by atoms with Gasteiger partial charge in [0.05, 0.1) is 19.4 Å². The van der Waals surface area contributed by atoms with Crippen molar-refractivity contribution in [1.29, 1.82) is 0 Å². The Balaban J connectivity index is 1.35. The van der Waals surface area contributed by atoms with Crippen LogP contribution >= 0.6 is 0 Å². The Bertz CT molecular complexity index is 1050. The molecule has 0 amide bonds. The molecule has 0 unspecified atom stereocenters. The summed E-state index contributed by atoms with van der Waals surface area (Å²) in [6.07, 6.45) is 2.74. The molecule has 148 valence electrons. The van der Waals surface area contributed by atoms with E-state index in [4.69, 9.17) is 14.0 Å². The molecule has 0 bridgehead atoms. The summed E-state index contributed by atoms with van der Waals surface area (Å²) in [6, 6.07) is 7.21. The number of benzene rings is 1. The lowest BCUT2D eigenvalue weighted by atomic mass is 10.2. The number of aryl methyl sites for hydroxylation is 1. The van der Waals surface area contributed by atoms with Gasteiger partial charge in [0.25, 0.3) is 15.9 Å². The highest BCUT2D eigenvalue weighted by Crippen LogP contribution is 2.25. The highest BCUT2D eigenvalue weighted by Gasteiger charge is 2.39. The zero-order valence-corrected chi connectivity index (χ0v) is 16.2. The van der Waals surface area contributed by atoms with Crippen LogP contribution in [0, 0.1) is 0 Å². The lowest BCUT2D eigenvalue weighted by Crippen LogP contribution is -2.56.